The smallest absolute Gasteiger partial charge is 0.405 e. The highest BCUT2D eigenvalue weighted by molar-refractivity contribution is 5.67. The van der Waals surface area contributed by atoms with Crippen LogP contribution >= 0.6 is 0 Å². The van der Waals surface area contributed by atoms with E-state index >= 15 is 0 Å². The van der Waals surface area contributed by atoms with Gasteiger partial charge in [0.15, 0.2) is 0 Å². The van der Waals surface area contributed by atoms with E-state index in [2.05, 4.69) is 0 Å². The second-order valence-corrected chi connectivity index (χ2v) is 5.13. The molecule has 0 saturated heterocycles. The van der Waals surface area contributed by atoms with Gasteiger partial charge in [0.25, 0.3) is 0 Å². The number of ether oxygens (including phenoxy) is 1. The van der Waals surface area contributed by atoms with Crippen molar-refractivity contribution in [3.05, 3.63) is 59.7 Å². The number of primary amides is 1. The Morgan fingerprint density at radius 3 is 2.29 bits per heavy atom. The topological polar surface area (TPSA) is 52.3 Å². The first-order valence-electron chi connectivity index (χ1n) is 6.34. The Labute approximate surface area is 121 Å². The summed E-state index contributed by atoms with van der Waals surface area (Å²) in [5.41, 5.74) is 5.46. The first kappa shape index (κ1) is 15.0. The molecule has 5 heteroatoms. The Bertz CT molecular complexity index is 666. The summed E-state index contributed by atoms with van der Waals surface area (Å²) >= 11 is 0. The number of hydrogen-bond acceptors (Lipinski definition) is 2. The quantitative estimate of drug-likeness (QED) is 0.930. The number of nitrogens with two attached hydrogens (primary N) is 1. The third-order valence-electron chi connectivity index (χ3n) is 3.17. The molecule has 2 N–H and O–H groups in total. The monoisotopic (exact) mass is 291 g/mol. The van der Waals surface area contributed by atoms with Gasteiger partial charge in [0.1, 0.15) is 17.2 Å². The lowest BCUT2D eigenvalue weighted by Gasteiger charge is -2.25. The molecule has 0 fully saturated rings. The van der Waals surface area contributed by atoms with Crippen molar-refractivity contribution in [3.8, 4) is 11.1 Å². The van der Waals surface area contributed by atoms with E-state index in [1.54, 1.807) is 19.9 Å². The molecule has 0 unspecified atom stereocenters. The van der Waals surface area contributed by atoms with Crippen molar-refractivity contribution < 1.29 is 18.3 Å². The van der Waals surface area contributed by atoms with Gasteiger partial charge in [-0.3, -0.25) is 0 Å². The molecule has 0 aliphatic heterocycles. The number of halogens is 2. The molecule has 0 atom stereocenters. The minimum Gasteiger partial charge on any atom is -0.439 e. The summed E-state index contributed by atoms with van der Waals surface area (Å²) in [6.45, 7) is 3.30. The van der Waals surface area contributed by atoms with Gasteiger partial charge in [0.2, 0.25) is 0 Å². The van der Waals surface area contributed by atoms with Crippen molar-refractivity contribution in [3.63, 3.8) is 0 Å². The fourth-order valence-electron chi connectivity index (χ4n) is 2.06. The summed E-state index contributed by atoms with van der Waals surface area (Å²) in [5.74, 6) is -0.840. The molecule has 0 heterocycles. The van der Waals surface area contributed by atoms with Crippen molar-refractivity contribution in [2.24, 2.45) is 5.73 Å². The Morgan fingerprint density at radius 1 is 1.10 bits per heavy atom. The molecule has 0 aromatic heterocycles. The fraction of sp³-hybridized carbons (Fsp3) is 0.188. The van der Waals surface area contributed by atoms with Gasteiger partial charge >= 0.3 is 6.09 Å². The number of hydrogen-bond donors (Lipinski definition) is 1. The lowest BCUT2D eigenvalue weighted by atomic mass is 9.93. The maximum absolute atomic E-state index is 14.0. The molecule has 0 saturated carbocycles. The number of rotatable bonds is 3. The number of benzene rings is 2. The van der Waals surface area contributed by atoms with Gasteiger partial charge in [-0.15, -0.1) is 0 Å². The van der Waals surface area contributed by atoms with E-state index in [1.807, 2.05) is 0 Å². The highest BCUT2D eigenvalue weighted by Gasteiger charge is 2.25. The van der Waals surface area contributed by atoms with Crippen molar-refractivity contribution in [2.75, 3.05) is 0 Å². The zero-order chi connectivity index (χ0) is 15.6. The molecule has 0 aliphatic carbocycles. The highest BCUT2D eigenvalue weighted by Crippen LogP contribution is 2.31. The van der Waals surface area contributed by atoms with E-state index in [9.17, 15) is 13.6 Å². The summed E-state index contributed by atoms with van der Waals surface area (Å²) in [6.07, 6.45) is -0.910. The standard InChI is InChI=1S/C16H15F2NO2/c1-16(2,21-15(19)20)11-5-8-14(18)13(9-11)10-3-6-12(17)7-4-10/h3-9H,1-2H3,(H2,19,20). The molecule has 0 bridgehead atoms. The number of carbonyl (C=O) groups excluding carboxylic acids is 1. The van der Waals surface area contributed by atoms with Gasteiger partial charge in [-0.2, -0.15) is 0 Å². The lowest BCUT2D eigenvalue weighted by Crippen LogP contribution is -2.28. The predicted octanol–water partition coefficient (Wildman–Crippen LogP) is 3.96. The van der Waals surface area contributed by atoms with Crippen LogP contribution in [-0.2, 0) is 10.3 Å². The SMILES string of the molecule is CC(C)(OC(N)=O)c1ccc(F)c(-c2ccc(F)cc2)c1. The number of carbonyl (C=O) groups is 1. The van der Waals surface area contributed by atoms with Crippen LogP contribution in [0.4, 0.5) is 13.6 Å². The lowest BCUT2D eigenvalue weighted by molar-refractivity contribution is 0.0432. The van der Waals surface area contributed by atoms with Crippen LogP contribution in [0, 0.1) is 11.6 Å². The predicted molar refractivity (Wildman–Crippen MR) is 75.5 cm³/mol. The van der Waals surface area contributed by atoms with Crippen LogP contribution in [0.2, 0.25) is 0 Å². The van der Waals surface area contributed by atoms with E-state index in [4.69, 9.17) is 10.5 Å². The Morgan fingerprint density at radius 2 is 1.71 bits per heavy atom. The zero-order valence-electron chi connectivity index (χ0n) is 11.7. The summed E-state index contributed by atoms with van der Waals surface area (Å²) in [7, 11) is 0. The second-order valence-electron chi connectivity index (χ2n) is 5.13. The van der Waals surface area contributed by atoms with Crippen LogP contribution < -0.4 is 5.73 Å². The largest absolute Gasteiger partial charge is 0.439 e. The van der Waals surface area contributed by atoms with Gasteiger partial charge < -0.3 is 10.5 Å². The third-order valence-corrected chi connectivity index (χ3v) is 3.17. The average Bonchev–Trinajstić information content (AvgIpc) is 2.38. The summed E-state index contributed by atoms with van der Waals surface area (Å²) in [4.78, 5) is 10.9. The van der Waals surface area contributed by atoms with Gasteiger partial charge in [0, 0.05) is 5.56 Å². The minimum absolute atomic E-state index is 0.300. The Hall–Kier alpha value is -2.43. The molecule has 0 radical (unpaired) electrons. The average molecular weight is 291 g/mol. The molecular formula is C16H15F2NO2. The zero-order valence-corrected chi connectivity index (χ0v) is 11.7. The minimum atomic E-state index is -0.992. The van der Waals surface area contributed by atoms with Gasteiger partial charge in [-0.1, -0.05) is 18.2 Å². The van der Waals surface area contributed by atoms with Gasteiger partial charge in [-0.25, -0.2) is 13.6 Å². The molecule has 2 aromatic rings. The summed E-state index contributed by atoms with van der Waals surface area (Å²) in [5, 5.41) is 0. The molecule has 110 valence electrons. The first-order chi connectivity index (χ1) is 9.79. The Kier molecular flexibility index (Phi) is 3.93. The van der Waals surface area contributed by atoms with E-state index < -0.39 is 23.3 Å². The van der Waals surface area contributed by atoms with Crippen molar-refractivity contribution in [1.29, 1.82) is 0 Å². The van der Waals surface area contributed by atoms with Crippen molar-refractivity contribution in [1.82, 2.24) is 0 Å². The molecule has 21 heavy (non-hydrogen) atoms. The van der Waals surface area contributed by atoms with Crippen LogP contribution in [0.5, 0.6) is 0 Å². The van der Waals surface area contributed by atoms with Crippen LogP contribution in [0.25, 0.3) is 11.1 Å². The molecule has 0 aliphatic rings. The van der Waals surface area contributed by atoms with Crippen LogP contribution in [0.3, 0.4) is 0 Å². The Balaban J connectivity index is 2.46. The van der Waals surface area contributed by atoms with Crippen molar-refractivity contribution >= 4 is 6.09 Å². The molecule has 0 spiro atoms. The van der Waals surface area contributed by atoms with E-state index in [-0.39, 0.29) is 0 Å². The van der Waals surface area contributed by atoms with Crippen LogP contribution in [-0.4, -0.2) is 6.09 Å². The first-order valence-corrected chi connectivity index (χ1v) is 6.34. The number of amides is 1. The van der Waals surface area contributed by atoms with Crippen LogP contribution in [0.1, 0.15) is 19.4 Å². The third kappa shape index (κ3) is 3.37. The van der Waals surface area contributed by atoms with Gasteiger partial charge in [0.05, 0.1) is 0 Å². The molecule has 2 rings (SSSR count). The van der Waals surface area contributed by atoms with E-state index in [1.165, 1.54) is 36.4 Å². The van der Waals surface area contributed by atoms with Crippen molar-refractivity contribution in [2.45, 2.75) is 19.4 Å². The van der Waals surface area contributed by atoms with E-state index in [0.717, 1.165) is 0 Å². The summed E-state index contributed by atoms with van der Waals surface area (Å²) < 4.78 is 32.0. The maximum Gasteiger partial charge on any atom is 0.405 e. The van der Waals surface area contributed by atoms with Crippen LogP contribution in [0.15, 0.2) is 42.5 Å². The summed E-state index contributed by atoms with van der Waals surface area (Å²) in [6, 6.07) is 9.84. The fourth-order valence-corrected chi connectivity index (χ4v) is 2.06. The normalized spacial score (nSPS) is 11.2. The molecular weight excluding hydrogens is 276 g/mol. The highest BCUT2D eigenvalue weighted by atomic mass is 19.1. The molecule has 2 aromatic carbocycles. The second kappa shape index (κ2) is 5.52. The molecule has 3 nitrogen and oxygen atoms in total. The van der Waals surface area contributed by atoms with E-state index in [0.29, 0.717) is 16.7 Å². The van der Waals surface area contributed by atoms with Gasteiger partial charge in [-0.05, 0) is 49.2 Å². The maximum atomic E-state index is 14.0. The molecule has 1 amide bonds.